The van der Waals surface area contributed by atoms with Crippen molar-refractivity contribution in [2.24, 2.45) is 0 Å². The third-order valence-electron chi connectivity index (χ3n) is 3.03. The number of hydrogen-bond donors (Lipinski definition) is 1. The maximum atomic E-state index is 4.47. The SMILES string of the molecule is CCCNCc1nnc(-c2cccc3cccnc23)s1. The van der Waals surface area contributed by atoms with E-state index in [4.69, 9.17) is 0 Å². The smallest absolute Gasteiger partial charge is 0.150 e. The Balaban J connectivity index is 1.91. The molecule has 0 unspecified atom stereocenters. The number of nitrogens with zero attached hydrogens (tertiary/aromatic N) is 3. The van der Waals surface area contributed by atoms with Crippen LogP contribution in [0.5, 0.6) is 0 Å². The maximum Gasteiger partial charge on any atom is 0.150 e. The molecule has 0 radical (unpaired) electrons. The fraction of sp³-hybridized carbons (Fsp3) is 0.267. The number of hydrogen-bond acceptors (Lipinski definition) is 5. The number of aromatic nitrogens is 3. The molecule has 0 aliphatic rings. The highest BCUT2D eigenvalue weighted by Gasteiger charge is 2.10. The molecule has 102 valence electrons. The van der Waals surface area contributed by atoms with Gasteiger partial charge in [0, 0.05) is 23.7 Å². The predicted molar refractivity (Wildman–Crippen MR) is 82.6 cm³/mol. The molecule has 3 aromatic rings. The Morgan fingerprint density at radius 2 is 2.05 bits per heavy atom. The Hall–Kier alpha value is -1.85. The minimum Gasteiger partial charge on any atom is -0.310 e. The lowest BCUT2D eigenvalue weighted by atomic mass is 10.1. The Kier molecular flexibility index (Phi) is 3.99. The minimum atomic E-state index is 0.781. The van der Waals surface area contributed by atoms with Crippen molar-refractivity contribution < 1.29 is 0 Å². The molecule has 1 N–H and O–H groups in total. The molecule has 3 rings (SSSR count). The van der Waals surface area contributed by atoms with Gasteiger partial charge in [-0.3, -0.25) is 4.98 Å². The number of nitrogens with one attached hydrogen (secondary N) is 1. The summed E-state index contributed by atoms with van der Waals surface area (Å²) in [7, 11) is 0. The summed E-state index contributed by atoms with van der Waals surface area (Å²) in [6.07, 6.45) is 2.94. The van der Waals surface area contributed by atoms with Crippen LogP contribution in [-0.4, -0.2) is 21.7 Å². The van der Waals surface area contributed by atoms with Gasteiger partial charge in [0.15, 0.2) is 0 Å². The highest BCUT2D eigenvalue weighted by Crippen LogP contribution is 2.29. The molecular weight excluding hydrogens is 268 g/mol. The second kappa shape index (κ2) is 6.07. The highest BCUT2D eigenvalue weighted by atomic mass is 32.1. The van der Waals surface area contributed by atoms with E-state index in [1.807, 2.05) is 18.3 Å². The van der Waals surface area contributed by atoms with Gasteiger partial charge in [-0.1, -0.05) is 36.5 Å². The Morgan fingerprint density at radius 3 is 2.95 bits per heavy atom. The van der Waals surface area contributed by atoms with E-state index >= 15 is 0 Å². The standard InChI is InChI=1S/C15H16N4S/c1-2-8-16-10-13-18-19-15(20-13)12-7-3-5-11-6-4-9-17-14(11)12/h3-7,9,16H,2,8,10H2,1H3. The normalized spacial score (nSPS) is 11.1. The quantitative estimate of drug-likeness (QED) is 0.731. The molecule has 1 aromatic carbocycles. The van der Waals surface area contributed by atoms with Crippen molar-refractivity contribution in [1.29, 1.82) is 0 Å². The molecule has 0 aliphatic carbocycles. The topological polar surface area (TPSA) is 50.7 Å². The highest BCUT2D eigenvalue weighted by molar-refractivity contribution is 7.14. The molecule has 0 spiro atoms. The van der Waals surface area contributed by atoms with Crippen LogP contribution in [-0.2, 0) is 6.54 Å². The average Bonchev–Trinajstić information content (AvgIpc) is 2.96. The van der Waals surface area contributed by atoms with Crippen LogP contribution in [0.2, 0.25) is 0 Å². The fourth-order valence-electron chi connectivity index (χ4n) is 2.08. The van der Waals surface area contributed by atoms with Gasteiger partial charge in [0.2, 0.25) is 0 Å². The van der Waals surface area contributed by atoms with Crippen molar-refractivity contribution in [3.05, 3.63) is 41.5 Å². The second-order valence-corrected chi connectivity index (χ2v) is 5.62. The number of benzene rings is 1. The summed E-state index contributed by atoms with van der Waals surface area (Å²) >= 11 is 1.63. The summed E-state index contributed by atoms with van der Waals surface area (Å²) in [5.74, 6) is 0. The van der Waals surface area contributed by atoms with E-state index < -0.39 is 0 Å². The van der Waals surface area contributed by atoms with Crippen molar-refractivity contribution in [1.82, 2.24) is 20.5 Å². The first-order chi connectivity index (χ1) is 9.88. The van der Waals surface area contributed by atoms with Gasteiger partial charge in [-0.15, -0.1) is 10.2 Å². The van der Waals surface area contributed by atoms with Gasteiger partial charge in [0.1, 0.15) is 10.0 Å². The third-order valence-corrected chi connectivity index (χ3v) is 3.99. The fourth-order valence-corrected chi connectivity index (χ4v) is 2.92. The molecule has 2 heterocycles. The summed E-state index contributed by atoms with van der Waals surface area (Å²) in [5, 5.41) is 15.0. The van der Waals surface area contributed by atoms with Crippen molar-refractivity contribution in [3.8, 4) is 10.6 Å². The number of rotatable bonds is 5. The van der Waals surface area contributed by atoms with Gasteiger partial charge in [-0.05, 0) is 25.1 Å². The van der Waals surface area contributed by atoms with Gasteiger partial charge >= 0.3 is 0 Å². The van der Waals surface area contributed by atoms with Gasteiger partial charge in [-0.25, -0.2) is 0 Å². The molecule has 0 atom stereocenters. The molecular formula is C15H16N4S. The maximum absolute atomic E-state index is 4.47. The van der Waals surface area contributed by atoms with Crippen LogP contribution in [0.15, 0.2) is 36.5 Å². The molecule has 0 saturated heterocycles. The zero-order valence-corrected chi connectivity index (χ0v) is 12.2. The zero-order chi connectivity index (χ0) is 13.8. The third kappa shape index (κ3) is 2.69. The van der Waals surface area contributed by atoms with E-state index in [0.717, 1.165) is 46.0 Å². The van der Waals surface area contributed by atoms with E-state index in [-0.39, 0.29) is 0 Å². The summed E-state index contributed by atoms with van der Waals surface area (Å²) in [4.78, 5) is 4.47. The first kappa shape index (κ1) is 13.1. The molecule has 2 aromatic heterocycles. The molecule has 0 amide bonds. The molecule has 20 heavy (non-hydrogen) atoms. The van der Waals surface area contributed by atoms with Crippen molar-refractivity contribution in [2.45, 2.75) is 19.9 Å². The Morgan fingerprint density at radius 1 is 1.15 bits per heavy atom. The van der Waals surface area contributed by atoms with Gasteiger partial charge < -0.3 is 5.32 Å². The molecule has 0 saturated carbocycles. The largest absolute Gasteiger partial charge is 0.310 e. The van der Waals surface area contributed by atoms with Gasteiger partial charge in [0.25, 0.3) is 0 Å². The Labute approximate surface area is 121 Å². The van der Waals surface area contributed by atoms with E-state index in [1.165, 1.54) is 0 Å². The van der Waals surface area contributed by atoms with Crippen LogP contribution in [0.1, 0.15) is 18.4 Å². The molecule has 5 heteroatoms. The predicted octanol–water partition coefficient (Wildman–Crippen LogP) is 3.25. The van der Waals surface area contributed by atoms with E-state index in [9.17, 15) is 0 Å². The lowest BCUT2D eigenvalue weighted by Gasteiger charge is -2.01. The lowest BCUT2D eigenvalue weighted by molar-refractivity contribution is 0.668. The first-order valence-corrected chi connectivity index (χ1v) is 7.57. The first-order valence-electron chi connectivity index (χ1n) is 6.75. The van der Waals surface area contributed by atoms with Gasteiger partial charge in [-0.2, -0.15) is 0 Å². The number of fused-ring (bicyclic) bond motifs is 1. The molecule has 0 bridgehead atoms. The summed E-state index contributed by atoms with van der Waals surface area (Å²) in [6.45, 7) is 3.94. The zero-order valence-electron chi connectivity index (χ0n) is 11.3. The monoisotopic (exact) mass is 284 g/mol. The van der Waals surface area contributed by atoms with Crippen LogP contribution < -0.4 is 5.32 Å². The van der Waals surface area contributed by atoms with Gasteiger partial charge in [0.05, 0.1) is 5.52 Å². The second-order valence-electron chi connectivity index (χ2n) is 4.56. The van der Waals surface area contributed by atoms with E-state index in [1.54, 1.807) is 11.3 Å². The van der Waals surface area contributed by atoms with Crippen LogP contribution in [0.3, 0.4) is 0 Å². The van der Waals surface area contributed by atoms with Crippen molar-refractivity contribution in [2.75, 3.05) is 6.54 Å². The van der Waals surface area contributed by atoms with Crippen LogP contribution >= 0.6 is 11.3 Å². The van der Waals surface area contributed by atoms with E-state index in [2.05, 4.69) is 45.6 Å². The molecule has 4 nitrogen and oxygen atoms in total. The lowest BCUT2D eigenvalue weighted by Crippen LogP contribution is -2.13. The summed E-state index contributed by atoms with van der Waals surface area (Å²) in [5.41, 5.74) is 2.04. The Bertz CT molecular complexity index is 702. The molecule has 0 fully saturated rings. The average molecular weight is 284 g/mol. The summed E-state index contributed by atoms with van der Waals surface area (Å²) in [6, 6.07) is 10.2. The number of para-hydroxylation sites is 1. The van der Waals surface area contributed by atoms with Crippen LogP contribution in [0, 0.1) is 0 Å². The number of pyridine rings is 1. The van der Waals surface area contributed by atoms with Crippen molar-refractivity contribution >= 4 is 22.2 Å². The summed E-state index contributed by atoms with van der Waals surface area (Å²) < 4.78 is 0. The van der Waals surface area contributed by atoms with Crippen LogP contribution in [0.4, 0.5) is 0 Å². The van der Waals surface area contributed by atoms with Crippen LogP contribution in [0.25, 0.3) is 21.5 Å². The van der Waals surface area contributed by atoms with Crippen molar-refractivity contribution in [3.63, 3.8) is 0 Å². The minimum absolute atomic E-state index is 0.781. The van der Waals surface area contributed by atoms with E-state index in [0.29, 0.717) is 0 Å². The molecule has 0 aliphatic heterocycles.